The number of β-lactam (4-membered cyclic amide) rings is 1. The van der Waals surface area contributed by atoms with Gasteiger partial charge in [0.05, 0.1) is 29.9 Å². The van der Waals surface area contributed by atoms with Gasteiger partial charge in [0, 0.05) is 22.2 Å². The summed E-state index contributed by atoms with van der Waals surface area (Å²) in [5.74, 6) is -7.88. The van der Waals surface area contributed by atoms with Gasteiger partial charge in [-0.1, -0.05) is 83.9 Å². The van der Waals surface area contributed by atoms with E-state index in [1.165, 1.54) is 12.1 Å². The third-order valence-electron chi connectivity index (χ3n) is 8.70. The average Bonchev–Trinajstić information content (AvgIpc) is 3.09. The number of benzene rings is 3. The molecule has 3 aromatic rings. The Morgan fingerprint density at radius 3 is 2.30 bits per heavy atom. The fraction of sp³-hybridized carbons (Fsp3) is 0.286. The van der Waals surface area contributed by atoms with Crippen LogP contribution in [0.15, 0.2) is 84.1 Å². The topological polar surface area (TPSA) is 220 Å². The molecule has 274 valence electrons. The summed E-state index contributed by atoms with van der Waals surface area (Å²) in [6, 6.07) is 17.7. The van der Waals surface area contributed by atoms with E-state index in [1.54, 1.807) is 60.7 Å². The molecule has 14 nitrogen and oxygen atoms in total. The molecular weight excluding hydrogens is 780 g/mol. The fourth-order valence-corrected chi connectivity index (χ4v) is 8.72. The summed E-state index contributed by atoms with van der Waals surface area (Å²) < 4.78 is 31.4. The number of halogens is 2. The summed E-state index contributed by atoms with van der Waals surface area (Å²) in [6.45, 7) is -1.06. The van der Waals surface area contributed by atoms with Crippen molar-refractivity contribution in [3.63, 3.8) is 0 Å². The predicted octanol–water partition coefficient (Wildman–Crippen LogP) is -0.918. The monoisotopic (exact) mass is 811 g/mol. The molecule has 2 heterocycles. The smallest absolute Gasteiger partial charge is 0.543 e. The van der Waals surface area contributed by atoms with Crippen LogP contribution in [0.2, 0.25) is 10.0 Å². The molecule has 3 aromatic carbocycles. The van der Waals surface area contributed by atoms with Gasteiger partial charge < -0.3 is 35.5 Å². The number of hydrogen-bond donors (Lipinski definition) is 4. The van der Waals surface area contributed by atoms with Gasteiger partial charge in [-0.05, 0) is 47.2 Å². The van der Waals surface area contributed by atoms with Crippen molar-refractivity contribution in [2.45, 2.75) is 42.7 Å². The molecule has 53 heavy (non-hydrogen) atoms. The number of ether oxygens (including phenoxy) is 1. The van der Waals surface area contributed by atoms with E-state index in [4.69, 9.17) is 27.9 Å². The van der Waals surface area contributed by atoms with Gasteiger partial charge in [0.25, 0.3) is 5.91 Å². The molecule has 4 N–H and O–H groups in total. The molecule has 2 aliphatic heterocycles. The number of hydrogen-bond acceptors (Lipinski definition) is 10. The minimum absolute atomic E-state index is 0. The number of nitrogens with one attached hydrogen (secondary N) is 2. The van der Waals surface area contributed by atoms with Crippen molar-refractivity contribution >= 4 is 62.9 Å². The third-order valence-corrected chi connectivity index (χ3v) is 11.3. The van der Waals surface area contributed by atoms with E-state index >= 15 is 0 Å². The maximum absolute atomic E-state index is 13.9. The second-order valence-electron chi connectivity index (χ2n) is 12.1. The number of aliphatic carboxylic acids is 2. The number of aliphatic hydroxyl groups excluding tert-OH is 1. The molecule has 1 fully saturated rings. The van der Waals surface area contributed by atoms with Crippen molar-refractivity contribution < 1.29 is 104 Å². The van der Waals surface area contributed by atoms with Crippen LogP contribution in [0.4, 0.5) is 4.79 Å². The van der Waals surface area contributed by atoms with Crippen molar-refractivity contribution in [2.24, 2.45) is 0 Å². The maximum Gasteiger partial charge on any atom is 1.00 e. The molecule has 0 spiro atoms. The van der Waals surface area contributed by atoms with Gasteiger partial charge in [0.1, 0.15) is 18.6 Å². The van der Waals surface area contributed by atoms with Crippen molar-refractivity contribution in [1.82, 2.24) is 15.5 Å². The SMILES string of the molecule is O=C(NCCCC(C(=O)N[C@H]1C(=O)N2C(C(=O)[O-])=C(CO)CS(=O)(=O)[C@@H]12)c1cccc([C@@H](C(=O)O)c2ccccc2)c1)OCc1ccc(Cl)cc1Cl.[K+]. The van der Waals surface area contributed by atoms with Gasteiger partial charge >= 0.3 is 63.4 Å². The number of alkyl carbamates (subject to hydrolysis) is 1. The fourth-order valence-electron chi connectivity index (χ4n) is 6.24. The first-order valence-electron chi connectivity index (χ1n) is 15.8. The standard InChI is InChI=1S/C35H33Cl2N3O11S.K/c36-24-12-11-22(26(37)15-24)17-51-35(48)38-13-5-10-25(20-8-4-9-21(14-20)27(33(44)45)19-6-2-1-3-7-19)30(42)39-28-31(43)40-29(34(46)47)23(16-41)18-52(49,50)32(28)40;/h1-4,6-9,11-12,14-15,25,27-28,32,41H,5,10,13,16-18H2,(H,38,48)(H,39,42)(H,44,45)(H,46,47);/q;+1/p-1/t25?,27-,28-,32-;/m0./s1. The molecule has 0 saturated carbocycles. The van der Waals surface area contributed by atoms with E-state index in [9.17, 15) is 47.7 Å². The molecular formula is C35H32Cl2KN3O11S. The quantitative estimate of drug-likeness (QED) is 0.0887. The zero-order valence-electron chi connectivity index (χ0n) is 28.2. The number of carbonyl (C=O) groups excluding carboxylic acids is 4. The Kier molecular flexibility index (Phi) is 14.7. The number of fused-ring (bicyclic) bond motifs is 1. The molecule has 1 unspecified atom stereocenters. The summed E-state index contributed by atoms with van der Waals surface area (Å²) in [7, 11) is -4.25. The molecule has 0 radical (unpaired) electrons. The van der Waals surface area contributed by atoms with E-state index in [1.807, 2.05) is 0 Å². The minimum Gasteiger partial charge on any atom is -0.543 e. The number of rotatable bonds is 14. The van der Waals surface area contributed by atoms with E-state index in [0.29, 0.717) is 37.2 Å². The molecule has 3 amide bonds. The number of amides is 3. The van der Waals surface area contributed by atoms with Crippen molar-refractivity contribution in [1.29, 1.82) is 0 Å². The number of sulfone groups is 1. The number of aliphatic hydroxyl groups is 1. The zero-order chi connectivity index (χ0) is 37.7. The summed E-state index contributed by atoms with van der Waals surface area (Å²) in [5.41, 5.74) is 0.504. The van der Waals surface area contributed by atoms with E-state index in [-0.39, 0.29) is 77.4 Å². The molecule has 4 atom stereocenters. The molecule has 5 rings (SSSR count). The van der Waals surface area contributed by atoms with Crippen LogP contribution in [0.25, 0.3) is 0 Å². The van der Waals surface area contributed by atoms with Crippen molar-refractivity contribution in [3.8, 4) is 0 Å². The summed E-state index contributed by atoms with van der Waals surface area (Å²) >= 11 is 12.0. The van der Waals surface area contributed by atoms with Gasteiger partial charge in [-0.15, -0.1) is 0 Å². The Labute approximate surface area is 356 Å². The average molecular weight is 813 g/mol. The molecule has 2 aliphatic rings. The molecule has 0 bridgehead atoms. The Morgan fingerprint density at radius 1 is 0.981 bits per heavy atom. The summed E-state index contributed by atoms with van der Waals surface area (Å²) in [4.78, 5) is 64.2. The molecule has 18 heteroatoms. The van der Waals surface area contributed by atoms with E-state index in [0.717, 1.165) is 0 Å². The number of nitrogens with zero attached hydrogens (tertiary/aromatic N) is 1. The van der Waals surface area contributed by atoms with Crippen LogP contribution in [-0.2, 0) is 40.4 Å². The summed E-state index contributed by atoms with van der Waals surface area (Å²) in [5, 5.41) is 35.5. The molecule has 0 aromatic heterocycles. The first kappa shape index (κ1) is 42.4. The van der Waals surface area contributed by atoms with Gasteiger partial charge in [0.2, 0.25) is 5.91 Å². The van der Waals surface area contributed by atoms with Crippen LogP contribution in [0, 0.1) is 0 Å². The maximum atomic E-state index is 13.9. The van der Waals surface area contributed by atoms with Crippen molar-refractivity contribution in [3.05, 3.63) is 116 Å². The Bertz CT molecular complexity index is 2050. The molecule has 1 saturated heterocycles. The molecule has 0 aliphatic carbocycles. The predicted molar refractivity (Wildman–Crippen MR) is 184 cm³/mol. The zero-order valence-corrected chi connectivity index (χ0v) is 33.6. The van der Waals surface area contributed by atoms with Crippen LogP contribution >= 0.6 is 23.2 Å². The van der Waals surface area contributed by atoms with E-state index < -0.39 is 86.6 Å². The normalized spacial score (nSPS) is 18.4. The van der Waals surface area contributed by atoms with E-state index in [2.05, 4.69) is 10.6 Å². The van der Waals surface area contributed by atoms with Crippen LogP contribution in [0.3, 0.4) is 0 Å². The van der Waals surface area contributed by atoms with Crippen LogP contribution < -0.4 is 67.1 Å². The van der Waals surface area contributed by atoms with Crippen molar-refractivity contribution in [2.75, 3.05) is 18.9 Å². The van der Waals surface area contributed by atoms with Gasteiger partial charge in [-0.3, -0.25) is 19.3 Å². The number of carboxylic acids is 2. The number of carboxylic acid groups (broad SMARTS) is 2. The first-order chi connectivity index (χ1) is 24.7. The number of carbonyl (C=O) groups is 5. The Hall–Kier alpha value is -3.32. The van der Waals surface area contributed by atoms with Gasteiger partial charge in [-0.2, -0.15) is 0 Å². The third kappa shape index (κ3) is 9.68. The van der Waals surface area contributed by atoms with Gasteiger partial charge in [-0.25, -0.2) is 13.2 Å². The largest absolute Gasteiger partial charge is 1.00 e. The Morgan fingerprint density at radius 2 is 1.66 bits per heavy atom. The Balaban J connectivity index is 0.00000627. The van der Waals surface area contributed by atoms with Crippen LogP contribution in [0.5, 0.6) is 0 Å². The van der Waals surface area contributed by atoms with Crippen LogP contribution in [-0.4, -0.2) is 83.7 Å². The minimum atomic E-state index is -4.25. The van der Waals surface area contributed by atoms with Gasteiger partial charge in [0.15, 0.2) is 15.2 Å². The first-order valence-corrected chi connectivity index (χ1v) is 18.3. The van der Waals surface area contributed by atoms with Crippen LogP contribution in [0.1, 0.15) is 46.9 Å². The second kappa shape index (κ2) is 18.3. The second-order valence-corrected chi connectivity index (χ2v) is 15.0. The summed E-state index contributed by atoms with van der Waals surface area (Å²) in [6.07, 6.45) is -0.574.